The number of aromatic nitrogens is 3. The van der Waals surface area contributed by atoms with Crippen LogP contribution in [0.25, 0.3) is 0 Å². The van der Waals surface area contributed by atoms with E-state index in [0.29, 0.717) is 16.7 Å². The number of rotatable bonds is 4. The lowest BCUT2D eigenvalue weighted by Gasteiger charge is -2.23. The molecule has 0 bridgehead atoms. The van der Waals surface area contributed by atoms with Crippen LogP contribution < -0.4 is 10.2 Å². The van der Waals surface area contributed by atoms with Gasteiger partial charge in [0.2, 0.25) is 5.95 Å². The van der Waals surface area contributed by atoms with Crippen molar-refractivity contribution in [1.82, 2.24) is 14.8 Å². The van der Waals surface area contributed by atoms with Crippen LogP contribution in [0, 0.1) is 5.82 Å². The highest BCUT2D eigenvalue weighted by atomic mass is 35.5. The summed E-state index contributed by atoms with van der Waals surface area (Å²) in [6.45, 7) is 1.01. The SMILES string of the molecule is O=C(Nc1cccc(Cl)c1)N(Cc1ccc(F)cc1)c1nnc2n1CCCCC2. The number of halogens is 2. The van der Waals surface area contributed by atoms with Gasteiger partial charge in [-0.2, -0.15) is 0 Å². The number of hydrogen-bond donors (Lipinski definition) is 1. The maximum atomic E-state index is 13.3. The molecule has 0 aliphatic carbocycles. The predicted molar refractivity (Wildman–Crippen MR) is 111 cm³/mol. The van der Waals surface area contributed by atoms with E-state index >= 15 is 0 Å². The molecule has 0 fully saturated rings. The number of hydrogen-bond acceptors (Lipinski definition) is 3. The third kappa shape index (κ3) is 4.56. The fourth-order valence-electron chi connectivity index (χ4n) is 3.43. The molecule has 0 unspecified atom stereocenters. The molecule has 2 heterocycles. The standard InChI is InChI=1S/C21H21ClFN5O/c22-16-5-4-6-18(13-16)24-21(29)28(14-15-8-10-17(23)11-9-15)20-26-25-19-7-2-1-3-12-27(19)20/h4-6,8-11,13H,1-3,7,12,14H2,(H,24,29). The molecule has 150 valence electrons. The van der Waals surface area contributed by atoms with Crippen LogP contribution in [0.15, 0.2) is 48.5 Å². The van der Waals surface area contributed by atoms with Crippen molar-refractivity contribution in [3.05, 3.63) is 70.8 Å². The molecular weight excluding hydrogens is 393 g/mol. The summed E-state index contributed by atoms with van der Waals surface area (Å²) in [4.78, 5) is 14.7. The van der Waals surface area contributed by atoms with Gasteiger partial charge in [0.15, 0.2) is 0 Å². The van der Waals surface area contributed by atoms with Gasteiger partial charge >= 0.3 is 6.03 Å². The Morgan fingerprint density at radius 3 is 2.76 bits per heavy atom. The van der Waals surface area contributed by atoms with Gasteiger partial charge in [-0.3, -0.25) is 9.47 Å². The van der Waals surface area contributed by atoms with Crippen LogP contribution in [0.3, 0.4) is 0 Å². The summed E-state index contributed by atoms with van der Waals surface area (Å²) in [6.07, 6.45) is 4.03. The van der Waals surface area contributed by atoms with E-state index in [0.717, 1.165) is 43.6 Å². The van der Waals surface area contributed by atoms with Gasteiger partial charge in [-0.1, -0.05) is 36.2 Å². The molecule has 2 aromatic carbocycles. The molecule has 0 saturated heterocycles. The van der Waals surface area contributed by atoms with Crippen LogP contribution in [-0.4, -0.2) is 20.8 Å². The van der Waals surface area contributed by atoms with Gasteiger partial charge in [0, 0.05) is 23.7 Å². The normalized spacial score (nSPS) is 13.4. The number of carbonyl (C=O) groups is 1. The highest BCUT2D eigenvalue weighted by molar-refractivity contribution is 6.30. The highest BCUT2D eigenvalue weighted by Gasteiger charge is 2.25. The van der Waals surface area contributed by atoms with E-state index < -0.39 is 0 Å². The van der Waals surface area contributed by atoms with Crippen LogP contribution in [0.2, 0.25) is 5.02 Å². The predicted octanol–water partition coefficient (Wildman–Crippen LogP) is 5.04. The maximum absolute atomic E-state index is 13.3. The molecule has 29 heavy (non-hydrogen) atoms. The molecule has 3 aromatic rings. The Labute approximate surface area is 173 Å². The average Bonchev–Trinajstić information content (AvgIpc) is 2.95. The van der Waals surface area contributed by atoms with E-state index in [4.69, 9.17) is 11.6 Å². The maximum Gasteiger partial charge on any atom is 0.329 e. The van der Waals surface area contributed by atoms with Crippen molar-refractivity contribution in [3.8, 4) is 0 Å². The Bertz CT molecular complexity index is 1000. The minimum Gasteiger partial charge on any atom is -0.307 e. The first kappa shape index (κ1) is 19.4. The van der Waals surface area contributed by atoms with Gasteiger partial charge in [0.25, 0.3) is 0 Å². The fraction of sp³-hybridized carbons (Fsp3) is 0.286. The lowest BCUT2D eigenvalue weighted by atomic mass is 10.2. The summed E-state index contributed by atoms with van der Waals surface area (Å²) < 4.78 is 15.3. The van der Waals surface area contributed by atoms with Crippen molar-refractivity contribution in [2.75, 3.05) is 10.2 Å². The minimum atomic E-state index is -0.351. The molecule has 0 saturated carbocycles. The van der Waals surface area contributed by atoms with Crippen LogP contribution in [0.1, 0.15) is 30.7 Å². The molecular formula is C21H21ClFN5O. The zero-order valence-electron chi connectivity index (χ0n) is 15.8. The number of carbonyl (C=O) groups excluding carboxylic acids is 1. The monoisotopic (exact) mass is 413 g/mol. The molecule has 8 heteroatoms. The van der Waals surface area contributed by atoms with Gasteiger partial charge in [-0.05, 0) is 48.7 Å². The quantitative estimate of drug-likeness (QED) is 0.652. The number of anilines is 2. The molecule has 4 rings (SSSR count). The first-order valence-electron chi connectivity index (χ1n) is 9.61. The number of fused-ring (bicyclic) bond motifs is 1. The van der Waals surface area contributed by atoms with Gasteiger partial charge in [-0.15, -0.1) is 10.2 Å². The highest BCUT2D eigenvalue weighted by Crippen LogP contribution is 2.23. The van der Waals surface area contributed by atoms with Gasteiger partial charge in [-0.25, -0.2) is 9.18 Å². The zero-order valence-corrected chi connectivity index (χ0v) is 16.6. The van der Waals surface area contributed by atoms with Crippen LogP contribution in [0.4, 0.5) is 20.8 Å². The Morgan fingerprint density at radius 1 is 1.14 bits per heavy atom. The zero-order chi connectivity index (χ0) is 20.2. The number of nitrogens with zero attached hydrogens (tertiary/aromatic N) is 4. The van der Waals surface area contributed by atoms with E-state index in [1.807, 2.05) is 4.57 Å². The van der Waals surface area contributed by atoms with Crippen LogP contribution in [-0.2, 0) is 19.5 Å². The molecule has 0 radical (unpaired) electrons. The van der Waals surface area contributed by atoms with E-state index in [2.05, 4.69) is 15.5 Å². The Balaban J connectivity index is 1.66. The topological polar surface area (TPSA) is 63.1 Å². The van der Waals surface area contributed by atoms with Gasteiger partial charge < -0.3 is 5.32 Å². The number of nitrogens with one attached hydrogen (secondary N) is 1. The Morgan fingerprint density at radius 2 is 1.97 bits per heavy atom. The third-order valence-corrected chi connectivity index (χ3v) is 5.14. The molecule has 0 spiro atoms. The van der Waals surface area contributed by atoms with Gasteiger partial charge in [0.1, 0.15) is 11.6 Å². The first-order chi connectivity index (χ1) is 14.1. The largest absolute Gasteiger partial charge is 0.329 e. The first-order valence-corrected chi connectivity index (χ1v) is 9.98. The summed E-state index contributed by atoms with van der Waals surface area (Å²) in [5.74, 6) is 1.06. The summed E-state index contributed by atoms with van der Waals surface area (Å²) in [6, 6.07) is 12.7. The second-order valence-electron chi connectivity index (χ2n) is 7.03. The number of aryl methyl sites for hydroxylation is 1. The summed E-state index contributed by atoms with van der Waals surface area (Å²) >= 11 is 6.04. The van der Waals surface area contributed by atoms with Crippen molar-refractivity contribution < 1.29 is 9.18 Å². The van der Waals surface area contributed by atoms with Crippen molar-refractivity contribution in [2.24, 2.45) is 0 Å². The lowest BCUT2D eigenvalue weighted by molar-refractivity contribution is 0.256. The van der Waals surface area contributed by atoms with Crippen molar-refractivity contribution in [1.29, 1.82) is 0 Å². The van der Waals surface area contributed by atoms with E-state index in [9.17, 15) is 9.18 Å². The molecule has 1 aliphatic heterocycles. The second kappa shape index (κ2) is 8.61. The number of amides is 2. The molecule has 1 aromatic heterocycles. The summed E-state index contributed by atoms with van der Waals surface area (Å²) in [7, 11) is 0. The molecule has 1 N–H and O–H groups in total. The molecule has 2 amide bonds. The Kier molecular flexibility index (Phi) is 5.76. The minimum absolute atomic E-state index is 0.241. The van der Waals surface area contributed by atoms with Crippen molar-refractivity contribution in [2.45, 2.75) is 38.8 Å². The second-order valence-corrected chi connectivity index (χ2v) is 7.47. The smallest absolute Gasteiger partial charge is 0.307 e. The Hall–Kier alpha value is -2.93. The summed E-state index contributed by atoms with van der Waals surface area (Å²) in [5.41, 5.74) is 1.38. The van der Waals surface area contributed by atoms with Crippen molar-refractivity contribution >= 4 is 29.3 Å². The lowest BCUT2D eigenvalue weighted by Crippen LogP contribution is -2.36. The number of benzene rings is 2. The van der Waals surface area contributed by atoms with Crippen LogP contribution in [0.5, 0.6) is 0 Å². The van der Waals surface area contributed by atoms with Gasteiger partial charge in [0.05, 0.1) is 6.54 Å². The third-order valence-electron chi connectivity index (χ3n) is 4.91. The molecule has 6 nitrogen and oxygen atoms in total. The molecule has 0 atom stereocenters. The number of urea groups is 1. The molecule has 1 aliphatic rings. The van der Waals surface area contributed by atoms with E-state index in [-0.39, 0.29) is 18.4 Å². The van der Waals surface area contributed by atoms with Crippen LogP contribution >= 0.6 is 11.6 Å². The van der Waals surface area contributed by atoms with Crippen molar-refractivity contribution in [3.63, 3.8) is 0 Å². The van der Waals surface area contributed by atoms with E-state index in [1.54, 1.807) is 36.4 Å². The average molecular weight is 414 g/mol. The van der Waals surface area contributed by atoms with E-state index in [1.165, 1.54) is 17.0 Å². The fourth-order valence-corrected chi connectivity index (χ4v) is 3.62. The summed E-state index contributed by atoms with van der Waals surface area (Å²) in [5, 5.41) is 12.0.